The number of halogens is 1. The van der Waals surface area contributed by atoms with Crippen molar-refractivity contribution in [2.24, 2.45) is 0 Å². The zero-order chi connectivity index (χ0) is 24.1. The van der Waals surface area contributed by atoms with Crippen molar-refractivity contribution in [1.29, 1.82) is 0 Å². The summed E-state index contributed by atoms with van der Waals surface area (Å²) in [5.41, 5.74) is 9.36. The predicted molar refractivity (Wildman–Crippen MR) is 130 cm³/mol. The lowest BCUT2D eigenvalue weighted by Gasteiger charge is -2.34. The van der Waals surface area contributed by atoms with Crippen LogP contribution in [0.15, 0.2) is 60.9 Å². The van der Waals surface area contributed by atoms with Gasteiger partial charge in [0, 0.05) is 48.4 Å². The Kier molecular flexibility index (Phi) is 5.25. The Hall–Kier alpha value is -3.78. The summed E-state index contributed by atoms with van der Waals surface area (Å²) >= 11 is 0. The lowest BCUT2D eigenvalue weighted by molar-refractivity contribution is -0.130. The molecule has 0 bridgehead atoms. The summed E-state index contributed by atoms with van der Waals surface area (Å²) in [4.78, 5) is 23.7. The number of aliphatic hydroxyl groups excluding tert-OH is 1. The lowest BCUT2D eigenvalue weighted by atomic mass is 9.92. The van der Waals surface area contributed by atoms with Crippen molar-refractivity contribution in [1.82, 2.24) is 19.3 Å². The Balaban J connectivity index is 1.37. The van der Waals surface area contributed by atoms with E-state index in [2.05, 4.69) is 4.98 Å². The number of hydrogen-bond donors (Lipinski definition) is 2. The quantitative estimate of drug-likeness (QED) is 0.468. The molecule has 7 nitrogen and oxygen atoms in total. The lowest BCUT2D eigenvalue weighted by Crippen LogP contribution is -2.41. The summed E-state index contributed by atoms with van der Waals surface area (Å²) in [5.74, 6) is 1.14. The van der Waals surface area contributed by atoms with Gasteiger partial charge in [0.05, 0.1) is 0 Å². The molecule has 2 aliphatic rings. The van der Waals surface area contributed by atoms with E-state index in [1.54, 1.807) is 36.5 Å². The number of imidazole rings is 1. The Morgan fingerprint density at radius 1 is 1.09 bits per heavy atom. The number of carbonyl (C=O) groups excluding carboxylic acids is 1. The van der Waals surface area contributed by atoms with E-state index in [1.165, 1.54) is 6.07 Å². The highest BCUT2D eigenvalue weighted by atomic mass is 19.1. The molecule has 0 aliphatic carbocycles. The summed E-state index contributed by atoms with van der Waals surface area (Å²) in [6.45, 7) is 0.665. The summed E-state index contributed by atoms with van der Waals surface area (Å²) in [5, 5.41) is 10.7. The number of rotatable bonds is 4. The van der Waals surface area contributed by atoms with Crippen molar-refractivity contribution in [3.05, 3.63) is 83.7 Å². The third-order valence-electron chi connectivity index (χ3n) is 7.39. The molecule has 178 valence electrons. The van der Waals surface area contributed by atoms with Gasteiger partial charge in [0.25, 0.3) is 0 Å². The van der Waals surface area contributed by atoms with Crippen LogP contribution in [0.25, 0.3) is 16.8 Å². The second-order valence-corrected chi connectivity index (χ2v) is 9.41. The van der Waals surface area contributed by atoms with Crippen LogP contribution in [0.2, 0.25) is 0 Å². The normalized spacial score (nSPS) is 20.9. The molecule has 4 heterocycles. The number of nitrogens with two attached hydrogens (primary N) is 1. The number of nitrogen functional groups attached to an aromatic ring is 1. The molecule has 0 saturated carbocycles. The van der Waals surface area contributed by atoms with Gasteiger partial charge < -0.3 is 15.7 Å². The first-order valence-corrected chi connectivity index (χ1v) is 12.0. The number of hydrogen-bond acceptors (Lipinski definition) is 5. The van der Waals surface area contributed by atoms with Gasteiger partial charge in [-0.15, -0.1) is 0 Å². The Bertz CT molecular complexity index is 1420. The molecule has 2 saturated heterocycles. The minimum Gasteiger partial charge on any atom is -0.384 e. The van der Waals surface area contributed by atoms with Gasteiger partial charge in [0.15, 0.2) is 0 Å². The van der Waals surface area contributed by atoms with Gasteiger partial charge in [-0.25, -0.2) is 14.4 Å². The third kappa shape index (κ3) is 3.65. The molecule has 3 atom stereocenters. The number of amides is 1. The summed E-state index contributed by atoms with van der Waals surface area (Å²) in [6.07, 6.45) is 5.98. The molecule has 1 amide bonds. The van der Waals surface area contributed by atoms with Gasteiger partial charge >= 0.3 is 0 Å². The van der Waals surface area contributed by atoms with E-state index in [0.717, 1.165) is 36.2 Å². The van der Waals surface area contributed by atoms with Gasteiger partial charge in [-0.2, -0.15) is 0 Å². The van der Waals surface area contributed by atoms with Crippen LogP contribution >= 0.6 is 0 Å². The van der Waals surface area contributed by atoms with Crippen LogP contribution in [-0.2, 0) is 4.79 Å². The van der Waals surface area contributed by atoms with Crippen LogP contribution in [0.5, 0.6) is 0 Å². The number of benzene rings is 2. The van der Waals surface area contributed by atoms with E-state index in [-0.39, 0.29) is 17.4 Å². The maximum atomic E-state index is 14.2. The summed E-state index contributed by atoms with van der Waals surface area (Å²) < 4.78 is 16.1. The van der Waals surface area contributed by atoms with E-state index >= 15 is 0 Å². The Morgan fingerprint density at radius 2 is 1.89 bits per heavy atom. The minimum absolute atomic E-state index is 0.110. The van der Waals surface area contributed by atoms with Gasteiger partial charge in [-0.3, -0.25) is 9.20 Å². The molecular weight excluding hydrogens is 445 g/mol. The number of fused-ring (bicyclic) bond motifs is 2. The fourth-order valence-electron chi connectivity index (χ4n) is 5.55. The minimum atomic E-state index is -1.07. The first kappa shape index (κ1) is 21.7. The zero-order valence-corrected chi connectivity index (χ0v) is 19.1. The predicted octanol–water partition coefficient (Wildman–Crippen LogP) is 4.07. The number of piperidine rings is 1. The van der Waals surface area contributed by atoms with Crippen molar-refractivity contribution in [2.45, 2.75) is 43.7 Å². The van der Waals surface area contributed by atoms with E-state index in [0.29, 0.717) is 36.1 Å². The zero-order valence-electron chi connectivity index (χ0n) is 19.1. The van der Waals surface area contributed by atoms with Crippen molar-refractivity contribution in [3.63, 3.8) is 0 Å². The monoisotopic (exact) mass is 471 g/mol. The first-order chi connectivity index (χ1) is 17.0. The second kappa shape index (κ2) is 8.46. The van der Waals surface area contributed by atoms with Gasteiger partial charge in [-0.1, -0.05) is 42.5 Å². The van der Waals surface area contributed by atoms with Crippen LogP contribution in [0.4, 0.5) is 10.2 Å². The molecular formula is C27H26FN5O2. The van der Waals surface area contributed by atoms with E-state index < -0.39 is 11.9 Å². The van der Waals surface area contributed by atoms with Crippen molar-refractivity contribution in [2.75, 3.05) is 12.3 Å². The molecule has 4 aromatic rings. The number of aromatic nitrogens is 3. The maximum Gasteiger partial charge on any atom is 0.222 e. The number of aliphatic hydroxyl groups is 1. The number of nitrogens with zero attached hydrogens (tertiary/aromatic N) is 4. The van der Waals surface area contributed by atoms with Crippen molar-refractivity contribution < 1.29 is 14.3 Å². The first-order valence-electron chi connectivity index (χ1n) is 12.0. The molecule has 0 radical (unpaired) electrons. The molecule has 2 aromatic heterocycles. The molecule has 0 unspecified atom stereocenters. The standard InChI is InChI=1S/C27H26FN5O2/c28-21-4-2-1-3-20(21)25(35)17-7-5-16(6-8-17)23-24-26(29)30-13-14-32(24)27(31-23)18-9-10-19-11-12-22(34)33(19)15-18/h1-8,13-14,18-19,25,35H,9-12,15H2,(H2,29,30)/t18-,19+,25-/m1/s1. The molecule has 8 heteroatoms. The van der Waals surface area contributed by atoms with Crippen LogP contribution in [0.1, 0.15) is 54.7 Å². The third-order valence-corrected chi connectivity index (χ3v) is 7.39. The largest absolute Gasteiger partial charge is 0.384 e. The fraction of sp³-hybridized carbons (Fsp3) is 0.296. The van der Waals surface area contributed by atoms with Gasteiger partial charge in [0.2, 0.25) is 5.91 Å². The molecule has 2 aliphatic heterocycles. The van der Waals surface area contributed by atoms with Gasteiger partial charge in [-0.05, 0) is 30.9 Å². The topological polar surface area (TPSA) is 96.8 Å². The molecule has 3 N–H and O–H groups in total. The van der Waals surface area contributed by atoms with Crippen molar-refractivity contribution in [3.8, 4) is 11.3 Å². The highest BCUT2D eigenvalue weighted by molar-refractivity contribution is 5.85. The van der Waals surface area contributed by atoms with E-state index in [9.17, 15) is 14.3 Å². The summed E-state index contributed by atoms with van der Waals surface area (Å²) in [7, 11) is 0. The number of carbonyl (C=O) groups is 1. The molecule has 35 heavy (non-hydrogen) atoms. The molecule has 2 aromatic carbocycles. The maximum absolute atomic E-state index is 14.2. The Labute approximate surface area is 202 Å². The molecule has 2 fully saturated rings. The molecule has 6 rings (SSSR count). The van der Waals surface area contributed by atoms with Crippen LogP contribution in [0, 0.1) is 5.82 Å². The summed E-state index contributed by atoms with van der Waals surface area (Å²) in [6, 6.07) is 13.8. The van der Waals surface area contributed by atoms with Gasteiger partial charge in [0.1, 0.15) is 34.8 Å². The average Bonchev–Trinajstić information content (AvgIpc) is 3.45. The van der Waals surface area contributed by atoms with Crippen molar-refractivity contribution >= 4 is 17.2 Å². The SMILES string of the molecule is Nc1nccn2c([C@@H]3CC[C@H]4CCC(=O)N4C3)nc(-c3ccc([C@@H](O)c4ccccc4F)cc3)c12. The molecule has 0 spiro atoms. The van der Waals surface area contributed by atoms with Crippen LogP contribution < -0.4 is 5.73 Å². The highest BCUT2D eigenvalue weighted by Gasteiger charge is 2.38. The van der Waals surface area contributed by atoms with E-state index in [4.69, 9.17) is 10.7 Å². The second-order valence-electron chi connectivity index (χ2n) is 9.41. The van der Waals surface area contributed by atoms with E-state index in [1.807, 2.05) is 27.6 Å². The average molecular weight is 472 g/mol. The Morgan fingerprint density at radius 3 is 2.69 bits per heavy atom. The number of anilines is 1. The highest BCUT2D eigenvalue weighted by Crippen LogP contribution is 2.38. The van der Waals surface area contributed by atoms with Crippen LogP contribution in [0.3, 0.4) is 0 Å². The fourth-order valence-corrected chi connectivity index (χ4v) is 5.55. The van der Waals surface area contributed by atoms with Crippen LogP contribution in [-0.4, -0.2) is 42.9 Å². The smallest absolute Gasteiger partial charge is 0.222 e.